The minimum absolute atomic E-state index is 1.09. The van der Waals surface area contributed by atoms with E-state index < -0.39 is 0 Å². The summed E-state index contributed by atoms with van der Waals surface area (Å²) in [5.41, 5.74) is 2.86. The van der Waals surface area contributed by atoms with Crippen molar-refractivity contribution in [3.8, 4) is 0 Å². The molecule has 0 aromatic heterocycles. The van der Waals surface area contributed by atoms with Crippen LogP contribution in [0.2, 0.25) is 0 Å². The van der Waals surface area contributed by atoms with Crippen molar-refractivity contribution in [2.24, 2.45) is 0 Å². The van der Waals surface area contributed by atoms with Crippen molar-refractivity contribution in [3.05, 3.63) is 35.5 Å². The predicted octanol–water partition coefficient (Wildman–Crippen LogP) is 2.46. The van der Waals surface area contributed by atoms with Crippen molar-refractivity contribution in [3.63, 3.8) is 0 Å². The summed E-state index contributed by atoms with van der Waals surface area (Å²) in [7, 11) is 0. The Labute approximate surface area is 105 Å². The number of allylic oxidation sites excluding steroid dienone is 4. The maximum absolute atomic E-state index is 2.57. The van der Waals surface area contributed by atoms with Crippen molar-refractivity contribution in [1.82, 2.24) is 9.80 Å². The molecule has 2 heteroatoms. The van der Waals surface area contributed by atoms with Crippen LogP contribution in [0.1, 0.15) is 20.3 Å². The molecular weight excluding hydrogens is 208 g/mol. The maximum Gasteiger partial charge on any atom is 0.0231 e. The van der Waals surface area contributed by atoms with E-state index in [1.165, 1.54) is 43.9 Å². The normalized spacial score (nSPS) is 23.2. The quantitative estimate of drug-likeness (QED) is 0.737. The Morgan fingerprint density at radius 1 is 1.00 bits per heavy atom. The summed E-state index contributed by atoms with van der Waals surface area (Å²) in [6.07, 6.45) is 10.3. The summed E-state index contributed by atoms with van der Waals surface area (Å²) in [5.74, 6) is 0. The van der Waals surface area contributed by atoms with Gasteiger partial charge in [-0.2, -0.15) is 0 Å². The highest BCUT2D eigenvalue weighted by atomic mass is 15.3. The van der Waals surface area contributed by atoms with Gasteiger partial charge in [0.1, 0.15) is 0 Å². The largest absolute Gasteiger partial charge is 0.301 e. The van der Waals surface area contributed by atoms with Gasteiger partial charge in [-0.25, -0.2) is 0 Å². The van der Waals surface area contributed by atoms with Crippen molar-refractivity contribution < 1.29 is 0 Å². The van der Waals surface area contributed by atoms with Gasteiger partial charge in [-0.3, -0.25) is 4.90 Å². The van der Waals surface area contributed by atoms with Gasteiger partial charge in [0, 0.05) is 32.7 Å². The van der Waals surface area contributed by atoms with Crippen LogP contribution in [-0.2, 0) is 0 Å². The van der Waals surface area contributed by atoms with Gasteiger partial charge in [-0.1, -0.05) is 36.8 Å². The second-order valence-corrected chi connectivity index (χ2v) is 5.01. The van der Waals surface area contributed by atoms with Crippen LogP contribution in [-0.4, -0.2) is 49.1 Å². The molecule has 1 saturated heterocycles. The molecule has 0 bridgehead atoms. The maximum atomic E-state index is 2.57. The molecule has 94 valence electrons. The van der Waals surface area contributed by atoms with Gasteiger partial charge < -0.3 is 4.90 Å². The third-order valence-corrected chi connectivity index (χ3v) is 3.70. The van der Waals surface area contributed by atoms with Gasteiger partial charge >= 0.3 is 0 Å². The lowest BCUT2D eigenvalue weighted by atomic mass is 10.2. The molecule has 1 fully saturated rings. The minimum atomic E-state index is 1.09. The number of nitrogens with zero attached hydrogens (tertiary/aromatic N) is 2. The molecule has 0 N–H and O–H groups in total. The van der Waals surface area contributed by atoms with Gasteiger partial charge in [0.15, 0.2) is 0 Å². The molecule has 1 aliphatic carbocycles. The van der Waals surface area contributed by atoms with Crippen LogP contribution in [0.25, 0.3) is 0 Å². The van der Waals surface area contributed by atoms with Crippen LogP contribution in [0, 0.1) is 0 Å². The summed E-state index contributed by atoms with van der Waals surface area (Å²) < 4.78 is 0. The molecular formula is C15H24N2. The number of piperazine rings is 1. The zero-order chi connectivity index (χ0) is 12.1. The Morgan fingerprint density at radius 3 is 2.41 bits per heavy atom. The fourth-order valence-corrected chi connectivity index (χ4v) is 2.41. The van der Waals surface area contributed by atoms with Crippen molar-refractivity contribution in [2.75, 3.05) is 39.3 Å². The fourth-order valence-electron chi connectivity index (χ4n) is 2.41. The first-order chi connectivity index (χ1) is 8.28. The van der Waals surface area contributed by atoms with E-state index in [0.717, 1.165) is 13.0 Å². The van der Waals surface area contributed by atoms with Crippen LogP contribution < -0.4 is 0 Å². The molecule has 0 unspecified atom stereocenters. The van der Waals surface area contributed by atoms with E-state index in [9.17, 15) is 0 Å². The lowest BCUT2D eigenvalue weighted by molar-refractivity contribution is 0.146. The minimum Gasteiger partial charge on any atom is -0.301 e. The third-order valence-electron chi connectivity index (χ3n) is 3.70. The second kappa shape index (κ2) is 6.18. The number of likely N-dealkylation sites (N-methyl/N-ethyl adjacent to an activating group) is 1. The highest BCUT2D eigenvalue weighted by Crippen LogP contribution is 2.12. The van der Waals surface area contributed by atoms with Crippen LogP contribution in [0.15, 0.2) is 35.5 Å². The Morgan fingerprint density at radius 2 is 1.71 bits per heavy atom. The number of hydrogen-bond acceptors (Lipinski definition) is 2. The summed E-state index contributed by atoms with van der Waals surface area (Å²) >= 11 is 0. The van der Waals surface area contributed by atoms with Crippen molar-refractivity contribution in [2.45, 2.75) is 20.3 Å². The first-order valence-corrected chi connectivity index (χ1v) is 6.76. The van der Waals surface area contributed by atoms with Crippen molar-refractivity contribution >= 4 is 0 Å². The molecule has 0 spiro atoms. The predicted molar refractivity (Wildman–Crippen MR) is 74.2 cm³/mol. The lowest BCUT2D eigenvalue weighted by Crippen LogP contribution is -2.46. The molecule has 2 aliphatic rings. The molecule has 0 radical (unpaired) electrons. The van der Waals surface area contributed by atoms with E-state index in [-0.39, 0.29) is 0 Å². The molecule has 0 amide bonds. The SMILES string of the molecule is CCN1CCN(CC2=CCC=C(C)C=C2)CC1. The van der Waals surface area contributed by atoms with Gasteiger partial charge in [-0.05, 0) is 25.5 Å². The van der Waals surface area contributed by atoms with Crippen LogP contribution >= 0.6 is 0 Å². The summed E-state index contributed by atoms with van der Waals surface area (Å²) in [6, 6.07) is 0. The highest BCUT2D eigenvalue weighted by Gasteiger charge is 2.15. The van der Waals surface area contributed by atoms with E-state index in [4.69, 9.17) is 0 Å². The van der Waals surface area contributed by atoms with Gasteiger partial charge in [-0.15, -0.1) is 0 Å². The zero-order valence-electron chi connectivity index (χ0n) is 11.2. The fraction of sp³-hybridized carbons (Fsp3) is 0.600. The first-order valence-electron chi connectivity index (χ1n) is 6.76. The topological polar surface area (TPSA) is 6.48 Å². The molecule has 0 aromatic carbocycles. The Kier molecular flexibility index (Phi) is 4.57. The smallest absolute Gasteiger partial charge is 0.0231 e. The van der Waals surface area contributed by atoms with E-state index in [1.807, 2.05) is 0 Å². The van der Waals surface area contributed by atoms with Crippen LogP contribution in [0.3, 0.4) is 0 Å². The summed E-state index contributed by atoms with van der Waals surface area (Å²) in [5, 5.41) is 0. The van der Waals surface area contributed by atoms with E-state index in [0.29, 0.717) is 0 Å². The van der Waals surface area contributed by atoms with Gasteiger partial charge in [0.25, 0.3) is 0 Å². The molecule has 1 aliphatic heterocycles. The molecule has 17 heavy (non-hydrogen) atoms. The molecule has 2 nitrogen and oxygen atoms in total. The van der Waals surface area contributed by atoms with E-state index >= 15 is 0 Å². The average molecular weight is 232 g/mol. The monoisotopic (exact) mass is 232 g/mol. The number of hydrogen-bond donors (Lipinski definition) is 0. The number of rotatable bonds is 3. The zero-order valence-corrected chi connectivity index (χ0v) is 11.2. The Bertz CT molecular complexity index is 331. The Balaban J connectivity index is 1.82. The molecule has 2 rings (SSSR count). The summed E-state index contributed by atoms with van der Waals surface area (Å²) in [4.78, 5) is 5.10. The molecule has 0 aromatic rings. The Hall–Kier alpha value is -0.860. The van der Waals surface area contributed by atoms with E-state index in [2.05, 4.69) is 48.0 Å². The van der Waals surface area contributed by atoms with E-state index in [1.54, 1.807) is 0 Å². The van der Waals surface area contributed by atoms with Crippen molar-refractivity contribution in [1.29, 1.82) is 0 Å². The molecule has 1 heterocycles. The van der Waals surface area contributed by atoms with Gasteiger partial charge in [0.05, 0.1) is 0 Å². The standard InChI is InChI=1S/C15H24N2/c1-3-16-9-11-17(12-10-16)13-15-6-4-5-14(2)7-8-15/h5-8H,3-4,9-13H2,1-2H3. The van der Waals surface area contributed by atoms with Crippen LogP contribution in [0.5, 0.6) is 0 Å². The third kappa shape index (κ3) is 3.83. The first kappa shape index (κ1) is 12.6. The summed E-state index contributed by atoms with van der Waals surface area (Å²) in [6.45, 7) is 11.6. The molecule has 0 saturated carbocycles. The lowest BCUT2D eigenvalue weighted by Gasteiger charge is -2.34. The van der Waals surface area contributed by atoms with Gasteiger partial charge in [0.2, 0.25) is 0 Å². The second-order valence-electron chi connectivity index (χ2n) is 5.01. The highest BCUT2D eigenvalue weighted by molar-refractivity contribution is 5.31. The van der Waals surface area contributed by atoms with Crippen LogP contribution in [0.4, 0.5) is 0 Å². The molecule has 0 atom stereocenters. The average Bonchev–Trinajstić information content (AvgIpc) is 2.56.